The second-order valence-corrected chi connectivity index (χ2v) is 4.84. The lowest BCUT2D eigenvalue weighted by molar-refractivity contribution is 0.0695. The molecule has 0 heterocycles. The first-order chi connectivity index (χ1) is 9.41. The van der Waals surface area contributed by atoms with Crippen molar-refractivity contribution in [2.24, 2.45) is 0 Å². The first-order valence-electron chi connectivity index (χ1n) is 6.05. The minimum atomic E-state index is -0.967. The molecule has 2 amide bonds. The van der Waals surface area contributed by atoms with Crippen molar-refractivity contribution in [1.82, 2.24) is 10.2 Å². The molecule has 0 spiro atoms. The Morgan fingerprint density at radius 2 is 2.05 bits per heavy atom. The van der Waals surface area contributed by atoms with Gasteiger partial charge in [-0.05, 0) is 18.1 Å². The molecule has 5 nitrogen and oxygen atoms in total. The fourth-order valence-corrected chi connectivity index (χ4v) is 1.71. The van der Waals surface area contributed by atoms with Gasteiger partial charge in [-0.3, -0.25) is 0 Å². The molecule has 0 aliphatic carbocycles. The van der Waals surface area contributed by atoms with Gasteiger partial charge >= 0.3 is 12.0 Å². The number of aromatic carboxylic acids is 1. The lowest BCUT2D eigenvalue weighted by Crippen LogP contribution is -2.38. The van der Waals surface area contributed by atoms with Crippen LogP contribution in [0.4, 0.5) is 4.79 Å². The summed E-state index contributed by atoms with van der Waals surface area (Å²) in [6, 6.07) is 6.47. The van der Waals surface area contributed by atoms with Crippen LogP contribution in [0.15, 0.2) is 35.9 Å². The molecule has 0 aliphatic rings. The highest BCUT2D eigenvalue weighted by atomic mass is 35.5. The fourth-order valence-electron chi connectivity index (χ4n) is 1.64. The Hall–Kier alpha value is -2.01. The van der Waals surface area contributed by atoms with Crippen LogP contribution in [0, 0.1) is 0 Å². The predicted octanol–water partition coefficient (Wildman–Crippen LogP) is 2.32. The molecule has 0 aromatic heterocycles. The van der Waals surface area contributed by atoms with Crippen molar-refractivity contribution in [3.63, 3.8) is 0 Å². The average Bonchev–Trinajstić information content (AvgIpc) is 2.42. The molecule has 1 rings (SSSR count). The average molecular weight is 297 g/mol. The van der Waals surface area contributed by atoms with Gasteiger partial charge in [0.25, 0.3) is 0 Å². The molecule has 0 saturated heterocycles. The lowest BCUT2D eigenvalue weighted by atomic mass is 10.0. The third-order valence-corrected chi connectivity index (χ3v) is 2.88. The summed E-state index contributed by atoms with van der Waals surface area (Å²) in [5.74, 6) is -0.967. The molecule has 1 aromatic carbocycles. The number of rotatable bonds is 6. The van der Waals surface area contributed by atoms with Crippen LogP contribution in [0.5, 0.6) is 0 Å². The van der Waals surface area contributed by atoms with Gasteiger partial charge in [0.2, 0.25) is 0 Å². The molecule has 2 N–H and O–H groups in total. The molecule has 20 heavy (non-hydrogen) atoms. The summed E-state index contributed by atoms with van der Waals surface area (Å²) < 4.78 is 0. The van der Waals surface area contributed by atoms with Gasteiger partial charge in [0, 0.05) is 18.6 Å². The van der Waals surface area contributed by atoms with Crippen molar-refractivity contribution in [2.45, 2.75) is 6.42 Å². The molecule has 0 unspecified atom stereocenters. The highest BCUT2D eigenvalue weighted by Gasteiger charge is 2.12. The smallest absolute Gasteiger partial charge is 0.335 e. The number of urea groups is 1. The summed E-state index contributed by atoms with van der Waals surface area (Å²) in [4.78, 5) is 24.2. The number of nitrogens with one attached hydrogen (secondary N) is 1. The van der Waals surface area contributed by atoms with Gasteiger partial charge in [-0.15, -0.1) is 0 Å². The number of benzene rings is 1. The minimum absolute atomic E-state index is 0.205. The molecular weight excluding hydrogens is 280 g/mol. The Morgan fingerprint density at radius 3 is 2.65 bits per heavy atom. The van der Waals surface area contributed by atoms with E-state index in [0.29, 0.717) is 23.6 Å². The summed E-state index contributed by atoms with van der Waals surface area (Å²) in [7, 11) is 1.63. The first kappa shape index (κ1) is 16.0. The minimum Gasteiger partial charge on any atom is -0.478 e. The number of carboxylic acids is 1. The van der Waals surface area contributed by atoms with Crippen LogP contribution >= 0.6 is 11.6 Å². The number of carboxylic acid groups (broad SMARTS) is 1. The van der Waals surface area contributed by atoms with Crippen molar-refractivity contribution in [2.75, 3.05) is 20.1 Å². The Bertz CT molecular complexity index is 517. The normalized spacial score (nSPS) is 9.90. The zero-order chi connectivity index (χ0) is 15.1. The number of nitrogens with zero attached hydrogens (tertiary/aromatic N) is 1. The SMILES string of the molecule is C=C(Cl)CNC(=O)N(C)CCc1ccccc1C(=O)O. The number of carbonyl (C=O) groups excluding carboxylic acids is 1. The van der Waals surface area contributed by atoms with Gasteiger partial charge < -0.3 is 15.3 Å². The second-order valence-electron chi connectivity index (χ2n) is 4.31. The maximum Gasteiger partial charge on any atom is 0.335 e. The van der Waals surface area contributed by atoms with Gasteiger partial charge in [0.15, 0.2) is 0 Å². The van der Waals surface area contributed by atoms with E-state index in [9.17, 15) is 9.59 Å². The van der Waals surface area contributed by atoms with E-state index in [2.05, 4.69) is 11.9 Å². The largest absolute Gasteiger partial charge is 0.478 e. The third-order valence-electron chi connectivity index (χ3n) is 2.74. The standard InChI is InChI=1S/C14H17ClN2O3/c1-10(15)9-16-14(20)17(2)8-7-11-5-3-4-6-12(11)13(18)19/h3-6H,1,7-9H2,2H3,(H,16,20)(H,18,19). The maximum atomic E-state index is 11.7. The molecule has 0 aliphatic heterocycles. The summed E-state index contributed by atoms with van der Waals surface area (Å²) in [5, 5.41) is 12.0. The number of hydrogen-bond acceptors (Lipinski definition) is 2. The molecule has 0 radical (unpaired) electrons. The second kappa shape index (κ2) is 7.55. The van der Waals surface area contributed by atoms with Gasteiger partial charge in [-0.1, -0.05) is 36.4 Å². The fraction of sp³-hybridized carbons (Fsp3) is 0.286. The van der Waals surface area contributed by atoms with E-state index < -0.39 is 5.97 Å². The van der Waals surface area contributed by atoms with E-state index in [1.165, 1.54) is 4.90 Å². The topological polar surface area (TPSA) is 69.6 Å². The third kappa shape index (κ3) is 4.93. The van der Waals surface area contributed by atoms with Crippen LogP contribution in [-0.4, -0.2) is 42.1 Å². The van der Waals surface area contributed by atoms with Crippen molar-refractivity contribution in [3.05, 3.63) is 47.0 Å². The monoisotopic (exact) mass is 296 g/mol. The van der Waals surface area contributed by atoms with Gasteiger partial charge in [-0.25, -0.2) is 9.59 Å². The molecular formula is C14H17ClN2O3. The van der Waals surface area contributed by atoms with E-state index in [1.54, 1.807) is 31.3 Å². The zero-order valence-corrected chi connectivity index (χ0v) is 12.0. The summed E-state index contributed by atoms with van der Waals surface area (Å²) in [5.41, 5.74) is 0.955. The molecule has 1 aromatic rings. The zero-order valence-electron chi connectivity index (χ0n) is 11.2. The predicted molar refractivity (Wildman–Crippen MR) is 78.1 cm³/mol. The van der Waals surface area contributed by atoms with Crippen molar-refractivity contribution in [1.29, 1.82) is 0 Å². The Morgan fingerprint density at radius 1 is 1.40 bits per heavy atom. The highest BCUT2D eigenvalue weighted by Crippen LogP contribution is 2.10. The molecule has 0 fully saturated rings. The molecule has 0 saturated carbocycles. The van der Waals surface area contributed by atoms with Crippen LogP contribution in [0.2, 0.25) is 0 Å². The first-order valence-corrected chi connectivity index (χ1v) is 6.43. The maximum absolute atomic E-state index is 11.7. The van der Waals surface area contributed by atoms with Crippen LogP contribution in [0.25, 0.3) is 0 Å². The molecule has 108 valence electrons. The van der Waals surface area contributed by atoms with E-state index >= 15 is 0 Å². The quantitative estimate of drug-likeness (QED) is 0.846. The molecule has 6 heteroatoms. The van der Waals surface area contributed by atoms with E-state index in [0.717, 1.165) is 0 Å². The van der Waals surface area contributed by atoms with Crippen molar-refractivity contribution >= 4 is 23.6 Å². The van der Waals surface area contributed by atoms with Crippen LogP contribution < -0.4 is 5.32 Å². The van der Waals surface area contributed by atoms with Crippen molar-refractivity contribution < 1.29 is 14.7 Å². The van der Waals surface area contributed by atoms with Gasteiger partial charge in [0.1, 0.15) is 0 Å². The van der Waals surface area contributed by atoms with Gasteiger partial charge in [-0.2, -0.15) is 0 Å². The lowest BCUT2D eigenvalue weighted by Gasteiger charge is -2.18. The van der Waals surface area contributed by atoms with E-state index in [1.807, 2.05) is 0 Å². The number of hydrogen-bond donors (Lipinski definition) is 2. The van der Waals surface area contributed by atoms with Crippen molar-refractivity contribution in [3.8, 4) is 0 Å². The highest BCUT2D eigenvalue weighted by molar-refractivity contribution is 6.29. The summed E-state index contributed by atoms with van der Waals surface area (Å²) >= 11 is 5.56. The number of halogens is 1. The number of amides is 2. The van der Waals surface area contributed by atoms with E-state index in [-0.39, 0.29) is 18.1 Å². The molecule has 0 atom stereocenters. The Balaban J connectivity index is 2.56. The number of carbonyl (C=O) groups is 2. The summed E-state index contributed by atoms with van der Waals surface area (Å²) in [6.45, 7) is 4.09. The van der Waals surface area contributed by atoms with Crippen LogP contribution in [0.1, 0.15) is 15.9 Å². The summed E-state index contributed by atoms with van der Waals surface area (Å²) in [6.07, 6.45) is 0.466. The van der Waals surface area contributed by atoms with E-state index in [4.69, 9.17) is 16.7 Å². The van der Waals surface area contributed by atoms with Gasteiger partial charge in [0.05, 0.1) is 12.1 Å². The van der Waals surface area contributed by atoms with Crippen LogP contribution in [0.3, 0.4) is 0 Å². The Labute approximate surface area is 122 Å². The Kier molecular flexibility index (Phi) is 6.06. The molecule has 0 bridgehead atoms. The number of likely N-dealkylation sites (N-methyl/N-ethyl adjacent to an activating group) is 1. The van der Waals surface area contributed by atoms with Crippen LogP contribution in [-0.2, 0) is 6.42 Å².